The van der Waals surface area contributed by atoms with Gasteiger partial charge in [0.1, 0.15) is 0 Å². The van der Waals surface area contributed by atoms with Crippen LogP contribution in [0.3, 0.4) is 0 Å². The Kier molecular flexibility index (Phi) is 3.78. The lowest BCUT2D eigenvalue weighted by molar-refractivity contribution is -0.133. The number of likely N-dealkylation sites (tertiary alicyclic amines) is 1. The van der Waals surface area contributed by atoms with E-state index in [0.29, 0.717) is 17.9 Å². The number of hydrogen-bond acceptors (Lipinski definition) is 3. The van der Waals surface area contributed by atoms with Crippen LogP contribution in [0.4, 0.5) is 0 Å². The standard InChI is InChI=1S/C15H24N4O/c1-11-13(10-17-18(11)2)9-16-14-5-7-19(8-6-14)15(20)12-3-4-12/h10,12,14,16H,3-9H2,1-2H3. The van der Waals surface area contributed by atoms with E-state index in [-0.39, 0.29) is 0 Å². The summed E-state index contributed by atoms with van der Waals surface area (Å²) in [5, 5.41) is 7.87. The Morgan fingerprint density at radius 2 is 2.05 bits per heavy atom. The molecule has 0 atom stereocenters. The third kappa shape index (κ3) is 2.87. The zero-order valence-corrected chi connectivity index (χ0v) is 12.4. The maximum absolute atomic E-state index is 12.0. The summed E-state index contributed by atoms with van der Waals surface area (Å²) in [4.78, 5) is 14.0. The Bertz CT molecular complexity index is 484. The number of carbonyl (C=O) groups is 1. The molecule has 1 N–H and O–H groups in total. The largest absolute Gasteiger partial charge is 0.342 e. The Morgan fingerprint density at radius 3 is 2.60 bits per heavy atom. The van der Waals surface area contributed by atoms with Crippen LogP contribution in [0.15, 0.2) is 6.20 Å². The molecule has 1 aliphatic carbocycles. The quantitative estimate of drug-likeness (QED) is 0.899. The molecule has 3 rings (SSSR count). The number of amides is 1. The fraction of sp³-hybridized carbons (Fsp3) is 0.733. The first-order valence-corrected chi connectivity index (χ1v) is 7.65. The highest BCUT2D eigenvalue weighted by Gasteiger charge is 2.34. The van der Waals surface area contributed by atoms with Gasteiger partial charge in [0.25, 0.3) is 0 Å². The third-order valence-corrected chi connectivity index (χ3v) is 4.65. The minimum atomic E-state index is 0.359. The molecule has 1 saturated carbocycles. The molecule has 20 heavy (non-hydrogen) atoms. The van der Waals surface area contributed by atoms with E-state index in [2.05, 4.69) is 22.2 Å². The molecule has 2 fully saturated rings. The van der Waals surface area contributed by atoms with Crippen molar-refractivity contribution in [2.45, 2.75) is 45.2 Å². The van der Waals surface area contributed by atoms with Gasteiger partial charge in [-0.2, -0.15) is 5.10 Å². The zero-order valence-electron chi connectivity index (χ0n) is 12.4. The molecule has 1 aromatic rings. The van der Waals surface area contributed by atoms with Crippen molar-refractivity contribution in [3.05, 3.63) is 17.5 Å². The van der Waals surface area contributed by atoms with Gasteiger partial charge < -0.3 is 10.2 Å². The van der Waals surface area contributed by atoms with E-state index in [1.807, 2.05) is 17.9 Å². The molecule has 1 amide bonds. The van der Waals surface area contributed by atoms with E-state index in [1.54, 1.807) is 0 Å². The van der Waals surface area contributed by atoms with Crippen LogP contribution in [0.2, 0.25) is 0 Å². The van der Waals surface area contributed by atoms with Gasteiger partial charge in [-0.15, -0.1) is 0 Å². The first kappa shape index (κ1) is 13.6. The highest BCUT2D eigenvalue weighted by atomic mass is 16.2. The van der Waals surface area contributed by atoms with E-state index in [4.69, 9.17) is 0 Å². The van der Waals surface area contributed by atoms with E-state index in [1.165, 1.54) is 11.3 Å². The number of hydrogen-bond donors (Lipinski definition) is 1. The van der Waals surface area contributed by atoms with Crippen LogP contribution < -0.4 is 5.32 Å². The van der Waals surface area contributed by atoms with E-state index in [0.717, 1.165) is 45.3 Å². The number of nitrogens with one attached hydrogen (secondary N) is 1. The van der Waals surface area contributed by atoms with Gasteiger partial charge in [0.05, 0.1) is 6.20 Å². The summed E-state index contributed by atoms with van der Waals surface area (Å²) in [6.45, 7) is 4.81. The van der Waals surface area contributed by atoms with E-state index in [9.17, 15) is 4.79 Å². The molecule has 1 aliphatic heterocycles. The fourth-order valence-electron chi connectivity index (χ4n) is 2.86. The van der Waals surface area contributed by atoms with Gasteiger partial charge in [0.2, 0.25) is 5.91 Å². The average Bonchev–Trinajstić information content (AvgIpc) is 3.26. The second-order valence-electron chi connectivity index (χ2n) is 6.13. The van der Waals surface area contributed by atoms with Gasteiger partial charge in [0.15, 0.2) is 0 Å². The number of aryl methyl sites for hydroxylation is 1. The average molecular weight is 276 g/mol. The Morgan fingerprint density at radius 1 is 1.35 bits per heavy atom. The van der Waals surface area contributed by atoms with Crippen molar-refractivity contribution in [3.63, 3.8) is 0 Å². The van der Waals surface area contributed by atoms with Crippen molar-refractivity contribution < 1.29 is 4.79 Å². The summed E-state index contributed by atoms with van der Waals surface area (Å²) >= 11 is 0. The summed E-state index contributed by atoms with van der Waals surface area (Å²) < 4.78 is 1.91. The Balaban J connectivity index is 1.44. The van der Waals surface area contributed by atoms with Crippen LogP contribution in [0.5, 0.6) is 0 Å². The Labute approximate surface area is 120 Å². The molecule has 0 radical (unpaired) electrons. The normalized spacial score (nSPS) is 20.4. The van der Waals surface area contributed by atoms with Crippen molar-refractivity contribution in [3.8, 4) is 0 Å². The molecule has 1 aromatic heterocycles. The second kappa shape index (κ2) is 5.56. The first-order chi connectivity index (χ1) is 9.65. The fourth-order valence-corrected chi connectivity index (χ4v) is 2.86. The topological polar surface area (TPSA) is 50.2 Å². The van der Waals surface area contributed by atoms with Crippen LogP contribution in [0.25, 0.3) is 0 Å². The van der Waals surface area contributed by atoms with Crippen molar-refractivity contribution >= 4 is 5.91 Å². The minimum absolute atomic E-state index is 0.359. The third-order valence-electron chi connectivity index (χ3n) is 4.65. The van der Waals surface area contributed by atoms with Gasteiger partial charge in [-0.05, 0) is 32.6 Å². The van der Waals surface area contributed by atoms with Crippen LogP contribution in [0, 0.1) is 12.8 Å². The van der Waals surface area contributed by atoms with Crippen LogP contribution in [-0.2, 0) is 18.4 Å². The van der Waals surface area contributed by atoms with Gasteiger partial charge >= 0.3 is 0 Å². The number of nitrogens with zero attached hydrogens (tertiary/aromatic N) is 3. The predicted octanol–water partition coefficient (Wildman–Crippen LogP) is 1.22. The predicted molar refractivity (Wildman–Crippen MR) is 77.1 cm³/mol. The molecule has 2 heterocycles. The lowest BCUT2D eigenvalue weighted by Crippen LogP contribution is -2.45. The number of piperidine rings is 1. The van der Waals surface area contributed by atoms with Crippen LogP contribution in [-0.4, -0.2) is 39.7 Å². The molecule has 1 saturated heterocycles. The highest BCUT2D eigenvalue weighted by molar-refractivity contribution is 5.81. The monoisotopic (exact) mass is 276 g/mol. The number of carbonyl (C=O) groups excluding carboxylic acids is 1. The minimum Gasteiger partial charge on any atom is -0.342 e. The van der Waals surface area contributed by atoms with Crippen LogP contribution in [0.1, 0.15) is 36.9 Å². The van der Waals surface area contributed by atoms with E-state index < -0.39 is 0 Å². The van der Waals surface area contributed by atoms with Crippen molar-refractivity contribution in [1.29, 1.82) is 0 Å². The molecular formula is C15H24N4O. The summed E-state index contributed by atoms with van der Waals surface area (Å²) in [7, 11) is 1.97. The molecule has 0 spiro atoms. The number of aromatic nitrogens is 2. The molecule has 2 aliphatic rings. The second-order valence-corrected chi connectivity index (χ2v) is 6.13. The number of rotatable bonds is 4. The van der Waals surface area contributed by atoms with Crippen molar-refractivity contribution in [2.75, 3.05) is 13.1 Å². The maximum Gasteiger partial charge on any atom is 0.225 e. The lowest BCUT2D eigenvalue weighted by atomic mass is 10.0. The Hall–Kier alpha value is -1.36. The van der Waals surface area contributed by atoms with Gasteiger partial charge in [-0.25, -0.2) is 0 Å². The molecule has 0 unspecified atom stereocenters. The first-order valence-electron chi connectivity index (χ1n) is 7.65. The van der Waals surface area contributed by atoms with Gasteiger partial charge in [-0.3, -0.25) is 9.48 Å². The van der Waals surface area contributed by atoms with Gasteiger partial charge in [-0.1, -0.05) is 0 Å². The smallest absolute Gasteiger partial charge is 0.225 e. The molecule has 110 valence electrons. The van der Waals surface area contributed by atoms with Gasteiger partial charge in [0, 0.05) is 49.9 Å². The molecule has 5 nitrogen and oxygen atoms in total. The van der Waals surface area contributed by atoms with Crippen molar-refractivity contribution in [2.24, 2.45) is 13.0 Å². The summed E-state index contributed by atoms with van der Waals surface area (Å²) in [6.07, 6.45) is 6.29. The van der Waals surface area contributed by atoms with E-state index >= 15 is 0 Å². The molecular weight excluding hydrogens is 252 g/mol. The zero-order chi connectivity index (χ0) is 14.1. The van der Waals surface area contributed by atoms with Crippen LogP contribution >= 0.6 is 0 Å². The van der Waals surface area contributed by atoms with Crippen molar-refractivity contribution in [1.82, 2.24) is 20.0 Å². The molecule has 5 heteroatoms. The summed E-state index contributed by atoms with van der Waals surface area (Å²) in [5.41, 5.74) is 2.49. The lowest BCUT2D eigenvalue weighted by Gasteiger charge is -2.32. The maximum atomic E-state index is 12.0. The molecule has 0 aromatic carbocycles. The molecule has 0 bridgehead atoms. The summed E-state index contributed by atoms with van der Waals surface area (Å²) in [5.74, 6) is 0.754. The highest BCUT2D eigenvalue weighted by Crippen LogP contribution is 2.31. The SMILES string of the molecule is Cc1c(CNC2CCN(C(=O)C3CC3)CC2)cnn1C. The summed E-state index contributed by atoms with van der Waals surface area (Å²) in [6, 6.07) is 0.526.